The molecule has 2 aromatic rings. The molecule has 9 heteroatoms. The van der Waals surface area contributed by atoms with Gasteiger partial charge in [0.05, 0.1) is 12.2 Å². The van der Waals surface area contributed by atoms with Crippen LogP contribution in [0, 0.1) is 0 Å². The van der Waals surface area contributed by atoms with E-state index in [2.05, 4.69) is 27.3 Å². The summed E-state index contributed by atoms with van der Waals surface area (Å²) in [6.45, 7) is 6.56. The minimum absolute atomic E-state index is 0.0333. The van der Waals surface area contributed by atoms with E-state index < -0.39 is 0 Å². The predicted octanol–water partition coefficient (Wildman–Crippen LogP) is 0.379. The van der Waals surface area contributed by atoms with Crippen molar-refractivity contribution in [2.75, 3.05) is 57.8 Å². The third-order valence-corrected chi connectivity index (χ3v) is 5.95. The molecule has 2 aromatic heterocycles. The SMILES string of the molecule is CN1CCN(CCCNC(=O)CN2C(=O)CCn3nc(-c4cccn4C)cc32)CC1. The van der Waals surface area contributed by atoms with E-state index in [1.54, 1.807) is 4.90 Å². The first-order chi connectivity index (χ1) is 14.5. The van der Waals surface area contributed by atoms with E-state index in [0.717, 1.165) is 50.5 Å². The number of piperazine rings is 1. The van der Waals surface area contributed by atoms with Crippen LogP contribution in [0.1, 0.15) is 12.8 Å². The summed E-state index contributed by atoms with van der Waals surface area (Å²) >= 11 is 0. The molecule has 0 aliphatic carbocycles. The Kier molecular flexibility index (Phi) is 6.19. The van der Waals surface area contributed by atoms with Crippen molar-refractivity contribution in [2.24, 2.45) is 7.05 Å². The predicted molar refractivity (Wildman–Crippen MR) is 115 cm³/mol. The monoisotopic (exact) mass is 413 g/mol. The average molecular weight is 414 g/mol. The van der Waals surface area contributed by atoms with Crippen LogP contribution in [0.2, 0.25) is 0 Å². The van der Waals surface area contributed by atoms with Crippen LogP contribution in [-0.2, 0) is 23.2 Å². The van der Waals surface area contributed by atoms with Gasteiger partial charge in [-0.3, -0.25) is 14.5 Å². The molecular formula is C21H31N7O2. The van der Waals surface area contributed by atoms with E-state index in [-0.39, 0.29) is 18.4 Å². The molecule has 0 saturated carbocycles. The minimum Gasteiger partial charge on any atom is -0.354 e. The molecule has 0 spiro atoms. The summed E-state index contributed by atoms with van der Waals surface area (Å²) in [4.78, 5) is 31.3. The summed E-state index contributed by atoms with van der Waals surface area (Å²) in [6, 6.07) is 5.85. The normalized spacial score (nSPS) is 17.9. The van der Waals surface area contributed by atoms with Crippen molar-refractivity contribution < 1.29 is 9.59 Å². The number of hydrogen-bond donors (Lipinski definition) is 1. The van der Waals surface area contributed by atoms with Gasteiger partial charge in [0, 0.05) is 58.5 Å². The summed E-state index contributed by atoms with van der Waals surface area (Å²) in [5.41, 5.74) is 1.79. The van der Waals surface area contributed by atoms with E-state index in [1.807, 2.05) is 40.7 Å². The Hall–Kier alpha value is -2.65. The topological polar surface area (TPSA) is 78.6 Å². The van der Waals surface area contributed by atoms with Gasteiger partial charge in [-0.05, 0) is 32.1 Å². The number of carbonyl (C=O) groups excluding carboxylic acids is 2. The van der Waals surface area contributed by atoms with Gasteiger partial charge in [0.25, 0.3) is 0 Å². The van der Waals surface area contributed by atoms with Crippen molar-refractivity contribution >= 4 is 17.6 Å². The molecule has 1 fully saturated rings. The minimum atomic E-state index is -0.128. The molecule has 0 unspecified atom stereocenters. The fourth-order valence-electron chi connectivity index (χ4n) is 4.08. The maximum absolute atomic E-state index is 12.5. The molecule has 0 radical (unpaired) electrons. The van der Waals surface area contributed by atoms with E-state index >= 15 is 0 Å². The van der Waals surface area contributed by atoms with Crippen LogP contribution >= 0.6 is 0 Å². The van der Waals surface area contributed by atoms with E-state index in [4.69, 9.17) is 0 Å². The number of hydrogen-bond acceptors (Lipinski definition) is 5. The highest BCUT2D eigenvalue weighted by atomic mass is 16.2. The molecule has 2 amide bonds. The van der Waals surface area contributed by atoms with Crippen LogP contribution in [-0.4, -0.2) is 88.8 Å². The Bertz CT molecular complexity index is 895. The number of amides is 2. The van der Waals surface area contributed by atoms with Crippen LogP contribution in [0.15, 0.2) is 24.4 Å². The molecule has 0 bridgehead atoms. The Labute approximate surface area is 177 Å². The second-order valence-corrected chi connectivity index (χ2v) is 8.19. The third-order valence-electron chi connectivity index (χ3n) is 5.95. The molecule has 1 N–H and O–H groups in total. The zero-order valence-corrected chi connectivity index (χ0v) is 17.9. The van der Waals surface area contributed by atoms with Crippen molar-refractivity contribution in [3.63, 3.8) is 0 Å². The highest BCUT2D eigenvalue weighted by Gasteiger charge is 2.28. The Morgan fingerprint density at radius 2 is 1.97 bits per heavy atom. The maximum atomic E-state index is 12.5. The number of aryl methyl sites for hydroxylation is 2. The fraction of sp³-hybridized carbons (Fsp3) is 0.571. The average Bonchev–Trinajstić information content (AvgIpc) is 3.35. The third kappa shape index (κ3) is 4.57. The lowest BCUT2D eigenvalue weighted by molar-refractivity contribution is -0.124. The molecule has 4 heterocycles. The first-order valence-electron chi connectivity index (χ1n) is 10.7. The van der Waals surface area contributed by atoms with Crippen LogP contribution in [0.4, 0.5) is 5.82 Å². The van der Waals surface area contributed by atoms with Crippen molar-refractivity contribution in [2.45, 2.75) is 19.4 Å². The van der Waals surface area contributed by atoms with Gasteiger partial charge in [0.1, 0.15) is 18.1 Å². The van der Waals surface area contributed by atoms with Crippen LogP contribution in [0.5, 0.6) is 0 Å². The summed E-state index contributed by atoms with van der Waals surface area (Å²) in [6.07, 6.45) is 3.24. The number of likely N-dealkylation sites (N-methyl/N-ethyl adjacent to an activating group) is 1. The second-order valence-electron chi connectivity index (χ2n) is 8.19. The molecule has 4 rings (SSSR count). The lowest BCUT2D eigenvalue weighted by Crippen LogP contribution is -2.46. The zero-order chi connectivity index (χ0) is 21.1. The first kappa shape index (κ1) is 20.6. The van der Waals surface area contributed by atoms with Crippen molar-refractivity contribution in [3.8, 4) is 11.4 Å². The molecule has 0 atom stereocenters. The van der Waals surface area contributed by atoms with Gasteiger partial charge < -0.3 is 19.7 Å². The largest absolute Gasteiger partial charge is 0.354 e. The summed E-state index contributed by atoms with van der Waals surface area (Å²) in [5, 5.41) is 7.61. The second kappa shape index (κ2) is 9.01. The number of nitrogens with one attached hydrogen (secondary N) is 1. The Balaban J connectivity index is 1.31. The van der Waals surface area contributed by atoms with E-state index in [1.165, 1.54) is 0 Å². The van der Waals surface area contributed by atoms with E-state index in [9.17, 15) is 9.59 Å². The fourth-order valence-corrected chi connectivity index (χ4v) is 4.08. The molecule has 162 valence electrons. The zero-order valence-electron chi connectivity index (χ0n) is 17.9. The van der Waals surface area contributed by atoms with Crippen molar-refractivity contribution in [3.05, 3.63) is 24.4 Å². The van der Waals surface area contributed by atoms with Gasteiger partial charge in [0.2, 0.25) is 11.8 Å². The number of aromatic nitrogens is 3. The van der Waals surface area contributed by atoms with Gasteiger partial charge in [-0.2, -0.15) is 5.10 Å². The highest BCUT2D eigenvalue weighted by Crippen LogP contribution is 2.27. The maximum Gasteiger partial charge on any atom is 0.240 e. The molecular weight excluding hydrogens is 382 g/mol. The van der Waals surface area contributed by atoms with Gasteiger partial charge in [-0.15, -0.1) is 0 Å². The number of anilines is 1. The Morgan fingerprint density at radius 3 is 2.70 bits per heavy atom. The van der Waals surface area contributed by atoms with Gasteiger partial charge >= 0.3 is 0 Å². The molecule has 2 aliphatic heterocycles. The van der Waals surface area contributed by atoms with Crippen LogP contribution in [0.3, 0.4) is 0 Å². The van der Waals surface area contributed by atoms with Crippen LogP contribution < -0.4 is 10.2 Å². The van der Waals surface area contributed by atoms with Gasteiger partial charge in [-0.1, -0.05) is 0 Å². The van der Waals surface area contributed by atoms with Crippen molar-refractivity contribution in [1.82, 2.24) is 29.5 Å². The lowest BCUT2D eigenvalue weighted by Gasteiger charge is -2.32. The summed E-state index contributed by atoms with van der Waals surface area (Å²) < 4.78 is 3.82. The summed E-state index contributed by atoms with van der Waals surface area (Å²) in [7, 11) is 4.11. The Morgan fingerprint density at radius 1 is 1.17 bits per heavy atom. The smallest absolute Gasteiger partial charge is 0.240 e. The first-order valence-corrected chi connectivity index (χ1v) is 10.7. The highest BCUT2D eigenvalue weighted by molar-refractivity contribution is 5.99. The van der Waals surface area contributed by atoms with Gasteiger partial charge in [0.15, 0.2) is 0 Å². The molecule has 1 saturated heterocycles. The van der Waals surface area contributed by atoms with Crippen LogP contribution in [0.25, 0.3) is 11.4 Å². The van der Waals surface area contributed by atoms with Gasteiger partial charge in [-0.25, -0.2) is 4.68 Å². The number of fused-ring (bicyclic) bond motifs is 1. The molecule has 30 heavy (non-hydrogen) atoms. The van der Waals surface area contributed by atoms with Crippen molar-refractivity contribution in [1.29, 1.82) is 0 Å². The van der Waals surface area contributed by atoms with E-state index in [0.29, 0.717) is 25.3 Å². The number of carbonyl (C=O) groups is 2. The number of nitrogens with zero attached hydrogens (tertiary/aromatic N) is 6. The molecule has 0 aromatic carbocycles. The summed E-state index contributed by atoms with van der Waals surface area (Å²) in [5.74, 6) is 0.528. The molecule has 2 aliphatic rings. The standard InChI is InChI=1S/C21H31N7O2/c1-24-11-13-26(14-12-24)9-4-7-22-19(29)16-27-20-15-17(18-5-3-8-25(18)2)23-28(20)10-6-21(27)30/h3,5,8,15H,4,6-7,9-14,16H2,1-2H3,(H,22,29). The quantitative estimate of drug-likeness (QED) is 0.664. The number of rotatable bonds is 7. The lowest BCUT2D eigenvalue weighted by atomic mass is 10.2. The molecule has 9 nitrogen and oxygen atoms in total.